The molecular weight excluding hydrogens is 350 g/mol. The lowest BCUT2D eigenvalue weighted by atomic mass is 10.0. The van der Waals surface area contributed by atoms with Crippen LogP contribution in [-0.2, 0) is 19.3 Å². The summed E-state index contributed by atoms with van der Waals surface area (Å²) in [6, 6.07) is 8.52. The first-order valence-corrected chi connectivity index (χ1v) is 10.2. The number of methoxy groups -OCH3 is 2. The Labute approximate surface area is 169 Å². The van der Waals surface area contributed by atoms with Crippen LogP contribution in [0.15, 0.2) is 36.7 Å². The number of hydrogen-bond acceptors (Lipinski definition) is 5. The number of ether oxygens (including phenoxy) is 2. The van der Waals surface area contributed by atoms with Crippen LogP contribution >= 0.6 is 0 Å². The van der Waals surface area contributed by atoms with Crippen molar-refractivity contribution in [3.8, 4) is 11.5 Å². The van der Waals surface area contributed by atoms with Gasteiger partial charge in [0.1, 0.15) is 0 Å². The Bertz CT molecular complexity index is 701. The average Bonchev–Trinajstić information content (AvgIpc) is 2.94. The second-order valence-corrected chi connectivity index (χ2v) is 7.58. The minimum Gasteiger partial charge on any atom is -0.493 e. The van der Waals surface area contributed by atoms with Gasteiger partial charge in [0.05, 0.1) is 14.2 Å². The van der Waals surface area contributed by atoms with E-state index in [0.29, 0.717) is 0 Å². The van der Waals surface area contributed by atoms with Gasteiger partial charge in [-0.1, -0.05) is 0 Å². The molecule has 0 atom stereocenters. The SMILES string of the molecule is COc1cc2c(cc1OC)CCN(CCCN(C)CCc1ccncc1)CC2. The molecule has 1 aliphatic heterocycles. The lowest BCUT2D eigenvalue weighted by molar-refractivity contribution is 0.254. The topological polar surface area (TPSA) is 37.8 Å². The molecule has 0 amide bonds. The molecular formula is C23H33N3O2. The summed E-state index contributed by atoms with van der Waals surface area (Å²) in [4.78, 5) is 9.11. The number of fused-ring (bicyclic) bond motifs is 1. The van der Waals surface area contributed by atoms with Crippen LogP contribution in [0.4, 0.5) is 0 Å². The maximum absolute atomic E-state index is 5.47. The Morgan fingerprint density at radius 1 is 0.964 bits per heavy atom. The van der Waals surface area contributed by atoms with Crippen molar-refractivity contribution in [3.05, 3.63) is 53.3 Å². The normalized spacial score (nSPS) is 14.6. The molecule has 5 nitrogen and oxygen atoms in total. The maximum Gasteiger partial charge on any atom is 0.161 e. The molecule has 0 aliphatic carbocycles. The Morgan fingerprint density at radius 3 is 2.14 bits per heavy atom. The molecule has 5 heteroatoms. The van der Waals surface area contributed by atoms with Crippen LogP contribution in [0.3, 0.4) is 0 Å². The predicted octanol–water partition coefficient (Wildman–Crippen LogP) is 3.06. The van der Waals surface area contributed by atoms with Gasteiger partial charge in [-0.15, -0.1) is 0 Å². The fraction of sp³-hybridized carbons (Fsp3) is 0.522. The van der Waals surface area contributed by atoms with Crippen LogP contribution in [0, 0.1) is 0 Å². The Balaban J connectivity index is 1.42. The lowest BCUT2D eigenvalue weighted by Crippen LogP contribution is -2.31. The minimum atomic E-state index is 0.838. The molecule has 0 N–H and O–H groups in total. The molecule has 0 fully saturated rings. The van der Waals surface area contributed by atoms with Crippen molar-refractivity contribution in [2.45, 2.75) is 25.7 Å². The van der Waals surface area contributed by atoms with Gasteiger partial charge >= 0.3 is 0 Å². The van der Waals surface area contributed by atoms with E-state index in [0.717, 1.165) is 63.5 Å². The van der Waals surface area contributed by atoms with Crippen LogP contribution in [-0.4, -0.2) is 68.8 Å². The summed E-state index contributed by atoms with van der Waals surface area (Å²) < 4.78 is 10.9. The average molecular weight is 384 g/mol. The lowest BCUT2D eigenvalue weighted by Gasteiger charge is -2.22. The summed E-state index contributed by atoms with van der Waals surface area (Å²) in [6.07, 6.45) is 8.19. The molecule has 1 aromatic heterocycles. The molecule has 1 aromatic carbocycles. The quantitative estimate of drug-likeness (QED) is 0.665. The number of aromatic nitrogens is 1. The van der Waals surface area contributed by atoms with Crippen molar-refractivity contribution in [2.75, 3.05) is 54.0 Å². The number of benzene rings is 1. The zero-order chi connectivity index (χ0) is 19.8. The highest BCUT2D eigenvalue weighted by molar-refractivity contribution is 5.48. The molecule has 0 saturated heterocycles. The third-order valence-corrected chi connectivity index (χ3v) is 5.65. The molecule has 2 aromatic rings. The molecule has 1 aliphatic rings. The number of hydrogen-bond donors (Lipinski definition) is 0. The number of nitrogens with zero attached hydrogens (tertiary/aromatic N) is 3. The van der Waals surface area contributed by atoms with Gasteiger partial charge in [0, 0.05) is 32.0 Å². The molecule has 3 rings (SSSR count). The highest BCUT2D eigenvalue weighted by atomic mass is 16.5. The highest BCUT2D eigenvalue weighted by Gasteiger charge is 2.17. The number of rotatable bonds is 9. The Hall–Kier alpha value is -2.11. The van der Waals surface area contributed by atoms with Crippen molar-refractivity contribution in [3.63, 3.8) is 0 Å². The van der Waals surface area contributed by atoms with Crippen molar-refractivity contribution in [2.24, 2.45) is 0 Å². The zero-order valence-electron chi connectivity index (χ0n) is 17.5. The van der Waals surface area contributed by atoms with Gasteiger partial charge in [0.15, 0.2) is 11.5 Å². The first-order valence-electron chi connectivity index (χ1n) is 10.2. The number of pyridine rings is 1. The molecule has 0 unspecified atom stereocenters. The molecule has 28 heavy (non-hydrogen) atoms. The summed E-state index contributed by atoms with van der Waals surface area (Å²) in [5, 5.41) is 0. The van der Waals surface area contributed by atoms with E-state index in [1.54, 1.807) is 14.2 Å². The van der Waals surface area contributed by atoms with E-state index in [4.69, 9.17) is 9.47 Å². The van der Waals surface area contributed by atoms with E-state index in [-0.39, 0.29) is 0 Å². The first-order chi connectivity index (χ1) is 13.7. The second kappa shape index (κ2) is 10.4. The fourth-order valence-corrected chi connectivity index (χ4v) is 3.87. The molecule has 0 bridgehead atoms. The van der Waals surface area contributed by atoms with Gasteiger partial charge in [0.2, 0.25) is 0 Å². The Morgan fingerprint density at radius 2 is 1.57 bits per heavy atom. The first kappa shape index (κ1) is 20.6. The van der Waals surface area contributed by atoms with E-state index in [1.165, 1.54) is 23.1 Å². The molecule has 2 heterocycles. The van der Waals surface area contributed by atoms with E-state index in [1.807, 2.05) is 12.4 Å². The van der Waals surface area contributed by atoms with Crippen molar-refractivity contribution >= 4 is 0 Å². The summed E-state index contributed by atoms with van der Waals surface area (Å²) >= 11 is 0. The molecule has 0 spiro atoms. The third-order valence-electron chi connectivity index (χ3n) is 5.65. The van der Waals surface area contributed by atoms with Crippen molar-refractivity contribution in [1.29, 1.82) is 0 Å². The van der Waals surface area contributed by atoms with Gasteiger partial charge in [-0.2, -0.15) is 0 Å². The third kappa shape index (κ3) is 5.69. The summed E-state index contributed by atoms with van der Waals surface area (Å²) in [6.45, 7) is 5.61. The van der Waals surface area contributed by atoms with Gasteiger partial charge in [-0.25, -0.2) is 0 Å². The van der Waals surface area contributed by atoms with Gasteiger partial charge in [0.25, 0.3) is 0 Å². The molecule has 0 radical (unpaired) electrons. The van der Waals surface area contributed by atoms with Gasteiger partial charge < -0.3 is 19.3 Å². The van der Waals surface area contributed by atoms with Crippen LogP contribution in [0.1, 0.15) is 23.1 Å². The van der Waals surface area contributed by atoms with Crippen LogP contribution < -0.4 is 9.47 Å². The van der Waals surface area contributed by atoms with E-state index in [9.17, 15) is 0 Å². The summed E-state index contributed by atoms with van der Waals surface area (Å²) in [7, 11) is 5.63. The summed E-state index contributed by atoms with van der Waals surface area (Å²) in [5.41, 5.74) is 4.15. The van der Waals surface area contributed by atoms with Crippen LogP contribution in [0.25, 0.3) is 0 Å². The standard InChI is InChI=1S/C23H33N3O2/c1-25(14-7-19-5-10-24-11-6-19)12-4-13-26-15-8-20-17-22(27-2)23(28-3)18-21(20)9-16-26/h5-6,10-11,17-18H,4,7-9,12-16H2,1-3H3. The molecule has 152 valence electrons. The van der Waals surface area contributed by atoms with Gasteiger partial charge in [-0.3, -0.25) is 4.98 Å². The highest BCUT2D eigenvalue weighted by Crippen LogP contribution is 2.32. The minimum absolute atomic E-state index is 0.838. The predicted molar refractivity (Wildman–Crippen MR) is 113 cm³/mol. The van der Waals surface area contributed by atoms with Gasteiger partial charge in [-0.05, 0) is 86.8 Å². The zero-order valence-corrected chi connectivity index (χ0v) is 17.5. The summed E-state index contributed by atoms with van der Waals surface area (Å²) in [5.74, 6) is 1.68. The second-order valence-electron chi connectivity index (χ2n) is 7.58. The van der Waals surface area contributed by atoms with E-state index < -0.39 is 0 Å². The number of likely N-dealkylation sites (N-methyl/N-ethyl adjacent to an activating group) is 1. The van der Waals surface area contributed by atoms with Crippen LogP contribution in [0.5, 0.6) is 11.5 Å². The monoisotopic (exact) mass is 383 g/mol. The fourth-order valence-electron chi connectivity index (χ4n) is 3.87. The largest absolute Gasteiger partial charge is 0.493 e. The Kier molecular flexibility index (Phi) is 7.69. The van der Waals surface area contributed by atoms with E-state index >= 15 is 0 Å². The molecule has 0 saturated carbocycles. The van der Waals surface area contributed by atoms with Crippen molar-refractivity contribution in [1.82, 2.24) is 14.8 Å². The maximum atomic E-state index is 5.47. The van der Waals surface area contributed by atoms with E-state index in [2.05, 4.69) is 46.1 Å². The van der Waals surface area contributed by atoms with Crippen molar-refractivity contribution < 1.29 is 9.47 Å². The van der Waals surface area contributed by atoms with Crippen LogP contribution in [0.2, 0.25) is 0 Å². The smallest absolute Gasteiger partial charge is 0.161 e.